The number of hydrogen-bond acceptors (Lipinski definition) is 4. The van der Waals surface area contributed by atoms with Crippen LogP contribution in [0, 0.1) is 6.92 Å². The predicted octanol–water partition coefficient (Wildman–Crippen LogP) is 6.95. The zero-order chi connectivity index (χ0) is 25.0. The molecule has 4 rings (SSSR count). The van der Waals surface area contributed by atoms with Crippen LogP contribution in [0.5, 0.6) is 11.5 Å². The van der Waals surface area contributed by atoms with Crippen LogP contribution in [0.1, 0.15) is 62.3 Å². The van der Waals surface area contributed by atoms with Crippen LogP contribution >= 0.6 is 12.2 Å². The van der Waals surface area contributed by atoms with Crippen molar-refractivity contribution in [2.24, 2.45) is 5.10 Å². The summed E-state index contributed by atoms with van der Waals surface area (Å²) in [6, 6.07) is 22.4. The van der Waals surface area contributed by atoms with Crippen molar-refractivity contribution in [1.82, 2.24) is 5.43 Å². The Balaban J connectivity index is 1.48. The number of rotatable bonds is 6. The Morgan fingerprint density at radius 3 is 2.54 bits per heavy atom. The molecule has 1 aliphatic rings. The molecule has 6 heteroatoms. The fraction of sp³-hybridized carbons (Fsp3) is 0.310. The molecule has 0 amide bonds. The maximum absolute atomic E-state index is 6.21. The van der Waals surface area contributed by atoms with E-state index in [-0.39, 0.29) is 5.60 Å². The summed E-state index contributed by atoms with van der Waals surface area (Å²) in [6.45, 7) is 11.1. The van der Waals surface area contributed by atoms with Crippen molar-refractivity contribution in [2.75, 3.05) is 5.32 Å². The Morgan fingerprint density at radius 2 is 1.83 bits per heavy atom. The molecular formula is C29H33N3O2S. The summed E-state index contributed by atoms with van der Waals surface area (Å²) in [5, 5.41) is 8.31. The van der Waals surface area contributed by atoms with E-state index in [1.54, 1.807) is 0 Å². The smallest absolute Gasteiger partial charge is 0.191 e. The van der Waals surface area contributed by atoms with E-state index < -0.39 is 0 Å². The van der Waals surface area contributed by atoms with Crippen molar-refractivity contribution in [3.05, 3.63) is 89.0 Å². The van der Waals surface area contributed by atoms with Crippen molar-refractivity contribution >= 4 is 28.7 Å². The minimum absolute atomic E-state index is 0.376. The van der Waals surface area contributed by atoms with Crippen LogP contribution in [0.15, 0.2) is 71.8 Å². The third kappa shape index (κ3) is 6.40. The standard InChI is InChI=1S/C29H33N3O2S/c1-19(2)21-10-12-23(13-11-21)30-28(35)32-31-26-17-29(4,5)34-27-15-14-24(16-25(26)27)33-18-22-9-7-6-8-20(22)3/h6-16,19H,17-18H2,1-5H3,(H2,30,32,35). The molecule has 0 bridgehead atoms. The molecule has 0 aliphatic carbocycles. The predicted molar refractivity (Wildman–Crippen MR) is 148 cm³/mol. The van der Waals surface area contributed by atoms with Crippen LogP contribution in [-0.4, -0.2) is 16.4 Å². The Kier molecular flexibility index (Phi) is 7.41. The number of benzene rings is 3. The maximum Gasteiger partial charge on any atom is 0.191 e. The van der Waals surface area contributed by atoms with Gasteiger partial charge in [-0.15, -0.1) is 0 Å². The molecule has 0 radical (unpaired) electrons. The zero-order valence-corrected chi connectivity index (χ0v) is 21.8. The summed E-state index contributed by atoms with van der Waals surface area (Å²) < 4.78 is 12.3. The monoisotopic (exact) mass is 487 g/mol. The van der Waals surface area contributed by atoms with Gasteiger partial charge < -0.3 is 14.8 Å². The number of nitrogens with zero attached hydrogens (tertiary/aromatic N) is 1. The number of anilines is 1. The molecule has 3 aromatic rings. The average molecular weight is 488 g/mol. The summed E-state index contributed by atoms with van der Waals surface area (Å²) >= 11 is 5.49. The van der Waals surface area contributed by atoms with Gasteiger partial charge in [-0.2, -0.15) is 5.10 Å². The summed E-state index contributed by atoms with van der Waals surface area (Å²) in [6.07, 6.45) is 0.639. The minimum atomic E-state index is -0.376. The molecule has 0 spiro atoms. The van der Waals surface area contributed by atoms with Crippen LogP contribution < -0.4 is 20.2 Å². The lowest BCUT2D eigenvalue weighted by atomic mass is 9.92. The second-order valence-corrected chi connectivity index (χ2v) is 10.2. The van der Waals surface area contributed by atoms with Crippen LogP contribution in [0.4, 0.5) is 5.69 Å². The molecule has 0 saturated heterocycles. The largest absolute Gasteiger partial charge is 0.489 e. The molecule has 0 aromatic heterocycles. The number of nitrogens with one attached hydrogen (secondary N) is 2. The molecule has 0 saturated carbocycles. The lowest BCUT2D eigenvalue weighted by Gasteiger charge is -2.33. The summed E-state index contributed by atoms with van der Waals surface area (Å²) in [5.74, 6) is 2.05. The molecule has 1 heterocycles. The van der Waals surface area contributed by atoms with Crippen molar-refractivity contribution in [2.45, 2.75) is 59.2 Å². The topological polar surface area (TPSA) is 54.9 Å². The van der Waals surface area contributed by atoms with Crippen molar-refractivity contribution in [1.29, 1.82) is 0 Å². The highest BCUT2D eigenvalue weighted by Gasteiger charge is 2.31. The first-order valence-electron chi connectivity index (χ1n) is 11.9. The van der Waals surface area contributed by atoms with E-state index in [2.05, 4.69) is 74.7 Å². The Labute approximate surface area is 213 Å². The van der Waals surface area contributed by atoms with Gasteiger partial charge in [-0.25, -0.2) is 0 Å². The Morgan fingerprint density at radius 1 is 1.09 bits per heavy atom. The normalized spacial score (nSPS) is 15.3. The van der Waals surface area contributed by atoms with E-state index in [0.717, 1.165) is 34.0 Å². The van der Waals surface area contributed by atoms with Crippen LogP contribution in [0.2, 0.25) is 0 Å². The highest BCUT2D eigenvalue weighted by atomic mass is 32.1. The maximum atomic E-state index is 6.21. The highest BCUT2D eigenvalue weighted by Crippen LogP contribution is 2.35. The third-order valence-electron chi connectivity index (χ3n) is 6.02. The second-order valence-electron chi connectivity index (χ2n) is 9.81. The van der Waals surface area contributed by atoms with Crippen molar-refractivity contribution < 1.29 is 9.47 Å². The van der Waals surface area contributed by atoms with E-state index in [9.17, 15) is 0 Å². The van der Waals surface area contributed by atoms with E-state index in [1.807, 2.05) is 42.5 Å². The lowest BCUT2D eigenvalue weighted by Crippen LogP contribution is -2.37. The Hall–Kier alpha value is -3.38. The number of hydrazone groups is 1. The van der Waals surface area contributed by atoms with Crippen molar-refractivity contribution in [3.63, 3.8) is 0 Å². The van der Waals surface area contributed by atoms with Crippen LogP contribution in [0.25, 0.3) is 0 Å². The molecule has 2 N–H and O–H groups in total. The molecule has 5 nitrogen and oxygen atoms in total. The van der Waals surface area contributed by atoms with Gasteiger partial charge in [-0.05, 0) is 85.9 Å². The van der Waals surface area contributed by atoms with Gasteiger partial charge in [0.15, 0.2) is 5.11 Å². The zero-order valence-electron chi connectivity index (χ0n) is 21.0. The minimum Gasteiger partial charge on any atom is -0.489 e. The first-order valence-corrected chi connectivity index (χ1v) is 12.4. The number of thiocarbonyl (C=S) groups is 1. The number of hydrogen-bond donors (Lipinski definition) is 2. The first-order chi connectivity index (χ1) is 16.7. The summed E-state index contributed by atoms with van der Waals surface area (Å²) in [7, 11) is 0. The van der Waals surface area contributed by atoms with Gasteiger partial charge in [0.25, 0.3) is 0 Å². The molecule has 0 fully saturated rings. The van der Waals surface area contributed by atoms with E-state index >= 15 is 0 Å². The fourth-order valence-electron chi connectivity index (χ4n) is 4.01. The van der Waals surface area contributed by atoms with Crippen LogP contribution in [0.3, 0.4) is 0 Å². The van der Waals surface area contributed by atoms with Gasteiger partial charge in [-0.1, -0.05) is 50.2 Å². The second kappa shape index (κ2) is 10.5. The molecule has 1 aliphatic heterocycles. The number of ether oxygens (including phenoxy) is 2. The quantitative estimate of drug-likeness (QED) is 0.291. The van der Waals surface area contributed by atoms with Gasteiger partial charge in [0.05, 0.1) is 5.71 Å². The molecular weight excluding hydrogens is 454 g/mol. The van der Waals surface area contributed by atoms with E-state index in [0.29, 0.717) is 24.1 Å². The van der Waals surface area contributed by atoms with Gasteiger partial charge in [-0.3, -0.25) is 5.43 Å². The van der Waals surface area contributed by atoms with Gasteiger partial charge in [0.1, 0.15) is 23.7 Å². The average Bonchev–Trinajstić information content (AvgIpc) is 2.82. The Bertz CT molecular complexity index is 1230. The van der Waals surface area contributed by atoms with E-state index in [4.69, 9.17) is 21.7 Å². The molecule has 182 valence electrons. The number of aryl methyl sites for hydroxylation is 1. The molecule has 0 atom stereocenters. The van der Waals surface area contributed by atoms with Gasteiger partial charge in [0, 0.05) is 17.7 Å². The highest BCUT2D eigenvalue weighted by molar-refractivity contribution is 7.80. The third-order valence-corrected chi connectivity index (χ3v) is 6.22. The SMILES string of the molecule is Cc1ccccc1COc1ccc2c(c1)C(=NNC(=S)Nc1ccc(C(C)C)cc1)CC(C)(C)O2. The van der Waals surface area contributed by atoms with Gasteiger partial charge >= 0.3 is 0 Å². The summed E-state index contributed by atoms with van der Waals surface area (Å²) in [4.78, 5) is 0. The van der Waals surface area contributed by atoms with Crippen LogP contribution in [-0.2, 0) is 6.61 Å². The fourth-order valence-corrected chi connectivity index (χ4v) is 4.17. The van der Waals surface area contributed by atoms with E-state index in [1.165, 1.54) is 11.1 Å². The first kappa shape index (κ1) is 24.7. The summed E-state index contributed by atoms with van der Waals surface area (Å²) in [5.41, 5.74) is 9.00. The van der Waals surface area contributed by atoms with Crippen molar-refractivity contribution in [3.8, 4) is 11.5 Å². The lowest BCUT2D eigenvalue weighted by molar-refractivity contribution is 0.111. The molecule has 3 aromatic carbocycles. The number of fused-ring (bicyclic) bond motifs is 1. The van der Waals surface area contributed by atoms with Gasteiger partial charge in [0.2, 0.25) is 0 Å². The molecule has 35 heavy (non-hydrogen) atoms. The molecule has 0 unspecified atom stereocenters.